The van der Waals surface area contributed by atoms with Gasteiger partial charge in [0.15, 0.2) is 12.7 Å². The Labute approximate surface area is 290 Å². The van der Waals surface area contributed by atoms with Gasteiger partial charge in [-0.2, -0.15) is 5.10 Å². The van der Waals surface area contributed by atoms with Crippen LogP contribution in [0.15, 0.2) is 71.8 Å². The normalized spacial score (nSPS) is 17.4. The number of hydrogen-bond donors (Lipinski definition) is 2. The summed E-state index contributed by atoms with van der Waals surface area (Å²) >= 11 is 6.38. The Hall–Kier alpha value is -4.94. The highest BCUT2D eigenvalue weighted by molar-refractivity contribution is 6.32. The number of amides is 3. The van der Waals surface area contributed by atoms with Gasteiger partial charge in [0.2, 0.25) is 5.91 Å². The van der Waals surface area contributed by atoms with Crippen LogP contribution in [0.25, 0.3) is 0 Å². The van der Waals surface area contributed by atoms with Gasteiger partial charge in [0.25, 0.3) is 11.8 Å². The van der Waals surface area contributed by atoms with E-state index in [0.717, 1.165) is 28.1 Å². The second kappa shape index (κ2) is 16.4. The summed E-state index contributed by atoms with van der Waals surface area (Å²) in [5, 5.41) is 7.26. The van der Waals surface area contributed by atoms with Crippen LogP contribution in [-0.2, 0) is 30.3 Å². The third-order valence-electron chi connectivity index (χ3n) is 8.48. The maximum absolute atomic E-state index is 14.1. The number of hydrogen-bond acceptors (Lipinski definition) is 9. The predicted molar refractivity (Wildman–Crippen MR) is 185 cm³/mol. The number of nitrogens with zero attached hydrogens (tertiary/aromatic N) is 3. The van der Waals surface area contributed by atoms with Gasteiger partial charge in [-0.25, -0.2) is 5.43 Å². The van der Waals surface area contributed by atoms with Crippen molar-refractivity contribution in [3.63, 3.8) is 0 Å². The minimum atomic E-state index is -1.00. The Balaban J connectivity index is 1.15. The van der Waals surface area contributed by atoms with Crippen molar-refractivity contribution in [2.75, 3.05) is 51.8 Å². The Morgan fingerprint density at radius 1 is 1.06 bits per heavy atom. The summed E-state index contributed by atoms with van der Waals surface area (Å²) in [7, 11) is 3.50. The van der Waals surface area contributed by atoms with E-state index < -0.39 is 12.1 Å². The van der Waals surface area contributed by atoms with E-state index >= 15 is 0 Å². The number of hydrazone groups is 1. The fourth-order valence-corrected chi connectivity index (χ4v) is 6.10. The van der Waals surface area contributed by atoms with Gasteiger partial charge in [-0.3, -0.25) is 19.2 Å². The van der Waals surface area contributed by atoms with Crippen LogP contribution in [0.5, 0.6) is 11.5 Å². The molecule has 5 rings (SSSR count). The SMILES string of the molecule is COc1ccc([C@@H]2Cc3ccccc3N(CCN(C)CCNC(=O)COc3ccc(C4=NNC(=O)CC4)cc3Cl)C(=O)[C@@H]2OC(C)=O)cc1. The Bertz CT molecular complexity index is 1710. The largest absolute Gasteiger partial charge is 0.497 e. The van der Waals surface area contributed by atoms with Gasteiger partial charge in [0, 0.05) is 57.5 Å². The third-order valence-corrected chi connectivity index (χ3v) is 8.78. The number of benzene rings is 3. The number of rotatable bonds is 13. The van der Waals surface area contributed by atoms with Crippen LogP contribution >= 0.6 is 11.6 Å². The maximum Gasteiger partial charge on any atom is 0.303 e. The maximum atomic E-state index is 14.1. The average molecular weight is 690 g/mol. The number of anilines is 1. The van der Waals surface area contributed by atoms with Crippen molar-refractivity contribution in [2.24, 2.45) is 5.10 Å². The highest BCUT2D eigenvalue weighted by Crippen LogP contribution is 2.37. The van der Waals surface area contributed by atoms with Gasteiger partial charge in [0.1, 0.15) is 11.5 Å². The van der Waals surface area contributed by atoms with Crippen LogP contribution in [-0.4, -0.2) is 87.3 Å². The van der Waals surface area contributed by atoms with E-state index in [2.05, 4.69) is 15.8 Å². The molecule has 0 aliphatic carbocycles. The summed E-state index contributed by atoms with van der Waals surface area (Å²) in [6, 6.07) is 20.4. The number of carbonyl (C=O) groups is 4. The molecule has 2 N–H and O–H groups in total. The molecule has 0 saturated carbocycles. The Kier molecular flexibility index (Phi) is 11.9. The lowest BCUT2D eigenvalue weighted by Crippen LogP contribution is -2.46. The van der Waals surface area contributed by atoms with E-state index in [1.165, 1.54) is 6.92 Å². The molecule has 258 valence electrons. The molecule has 0 aromatic heterocycles. The highest BCUT2D eigenvalue weighted by Gasteiger charge is 2.40. The molecule has 2 aliphatic rings. The van der Waals surface area contributed by atoms with E-state index in [1.54, 1.807) is 30.2 Å². The Morgan fingerprint density at radius 3 is 2.53 bits per heavy atom. The molecule has 0 radical (unpaired) electrons. The van der Waals surface area contributed by atoms with Crippen LogP contribution < -0.4 is 25.1 Å². The van der Waals surface area contributed by atoms with Gasteiger partial charge in [0.05, 0.1) is 17.8 Å². The van der Waals surface area contributed by atoms with Crippen molar-refractivity contribution in [2.45, 2.75) is 38.2 Å². The van der Waals surface area contributed by atoms with E-state index in [4.69, 9.17) is 25.8 Å². The number of likely N-dealkylation sites (N-methyl/N-ethyl adjacent to an activating group) is 1. The molecule has 0 bridgehead atoms. The summed E-state index contributed by atoms with van der Waals surface area (Å²) in [5.41, 5.74) is 6.60. The number of halogens is 1. The zero-order valence-corrected chi connectivity index (χ0v) is 28.5. The standard InChI is InChI=1S/C36H40ClN5O7/c1-23(43)49-35-28(24-8-11-27(47-3)12-9-24)20-26-6-4-5-7-31(26)42(36(35)46)19-18-41(2)17-16-38-34(45)22-48-32-14-10-25(21-29(32)37)30-13-15-33(44)40-39-30/h4-12,14,21,28,35H,13,15-20,22H2,1-3H3,(H,38,45)(H,40,44)/t28-,35+/m0/s1. The molecule has 0 saturated heterocycles. The summed E-state index contributed by atoms with van der Waals surface area (Å²) in [4.78, 5) is 53.9. The molecule has 12 nitrogen and oxygen atoms in total. The minimum absolute atomic E-state index is 0.126. The quantitative estimate of drug-likeness (QED) is 0.259. The van der Waals surface area contributed by atoms with E-state index in [-0.39, 0.29) is 30.2 Å². The predicted octanol–water partition coefficient (Wildman–Crippen LogP) is 3.69. The van der Waals surface area contributed by atoms with Gasteiger partial charge in [-0.05, 0) is 66.6 Å². The van der Waals surface area contributed by atoms with Crippen LogP contribution in [0.1, 0.15) is 42.4 Å². The summed E-state index contributed by atoms with van der Waals surface area (Å²) < 4.78 is 16.6. The summed E-state index contributed by atoms with van der Waals surface area (Å²) in [5.74, 6) is -0.568. The van der Waals surface area contributed by atoms with Gasteiger partial charge < -0.3 is 29.3 Å². The van der Waals surface area contributed by atoms with Crippen molar-refractivity contribution in [1.82, 2.24) is 15.6 Å². The lowest BCUT2D eigenvalue weighted by Gasteiger charge is -2.29. The highest BCUT2D eigenvalue weighted by atomic mass is 35.5. The molecule has 13 heteroatoms. The first-order chi connectivity index (χ1) is 23.6. The molecule has 3 aromatic carbocycles. The monoisotopic (exact) mass is 689 g/mol. The number of esters is 1. The second-order valence-electron chi connectivity index (χ2n) is 11.9. The molecule has 2 atom stereocenters. The van der Waals surface area contributed by atoms with Crippen molar-refractivity contribution < 1.29 is 33.4 Å². The first kappa shape index (κ1) is 35.4. The molecular formula is C36H40ClN5O7. The lowest BCUT2D eigenvalue weighted by atomic mass is 9.87. The van der Waals surface area contributed by atoms with Gasteiger partial charge in [-0.15, -0.1) is 0 Å². The smallest absolute Gasteiger partial charge is 0.303 e. The van der Waals surface area contributed by atoms with E-state index in [9.17, 15) is 19.2 Å². The molecule has 0 fully saturated rings. The van der Waals surface area contributed by atoms with E-state index in [1.807, 2.05) is 60.5 Å². The number of ether oxygens (including phenoxy) is 3. The molecule has 49 heavy (non-hydrogen) atoms. The molecular weight excluding hydrogens is 650 g/mol. The second-order valence-corrected chi connectivity index (χ2v) is 12.3. The first-order valence-electron chi connectivity index (χ1n) is 16.1. The fraction of sp³-hybridized carbons (Fsp3) is 0.361. The molecule has 2 aliphatic heterocycles. The van der Waals surface area contributed by atoms with E-state index in [0.29, 0.717) is 62.0 Å². The molecule has 3 amide bonds. The van der Waals surface area contributed by atoms with Crippen molar-refractivity contribution in [1.29, 1.82) is 0 Å². The van der Waals surface area contributed by atoms with Crippen molar-refractivity contribution in [3.05, 3.63) is 88.4 Å². The van der Waals surface area contributed by atoms with Gasteiger partial charge >= 0.3 is 5.97 Å². The minimum Gasteiger partial charge on any atom is -0.497 e. The zero-order valence-electron chi connectivity index (χ0n) is 27.7. The topological polar surface area (TPSA) is 139 Å². The Morgan fingerprint density at radius 2 is 1.84 bits per heavy atom. The molecule has 0 unspecified atom stereocenters. The van der Waals surface area contributed by atoms with Crippen LogP contribution in [0.3, 0.4) is 0 Å². The van der Waals surface area contributed by atoms with Crippen LogP contribution in [0.2, 0.25) is 5.02 Å². The molecule has 3 aromatic rings. The fourth-order valence-electron chi connectivity index (χ4n) is 5.86. The average Bonchev–Trinajstić information content (AvgIpc) is 3.20. The number of nitrogens with one attached hydrogen (secondary N) is 2. The summed E-state index contributed by atoms with van der Waals surface area (Å²) in [6.07, 6.45) is 0.380. The molecule has 0 spiro atoms. The first-order valence-corrected chi connectivity index (χ1v) is 16.4. The number of fused-ring (bicyclic) bond motifs is 1. The van der Waals surface area contributed by atoms with Crippen molar-refractivity contribution >= 4 is 46.7 Å². The third kappa shape index (κ3) is 9.15. The number of para-hydroxylation sites is 1. The van der Waals surface area contributed by atoms with Gasteiger partial charge in [-0.1, -0.05) is 41.9 Å². The molecule has 2 heterocycles. The van der Waals surface area contributed by atoms with Crippen molar-refractivity contribution in [3.8, 4) is 11.5 Å². The summed E-state index contributed by atoms with van der Waals surface area (Å²) in [6.45, 7) is 2.83. The van der Waals surface area contributed by atoms with Crippen LogP contribution in [0.4, 0.5) is 5.69 Å². The number of carbonyl (C=O) groups excluding carboxylic acids is 4. The van der Waals surface area contributed by atoms with Crippen LogP contribution in [0, 0.1) is 0 Å². The lowest BCUT2D eigenvalue weighted by molar-refractivity contribution is -0.154. The number of methoxy groups -OCH3 is 1. The zero-order chi connectivity index (χ0) is 34.9.